The summed E-state index contributed by atoms with van der Waals surface area (Å²) < 4.78 is 4.84. The maximum absolute atomic E-state index is 10.9. The predicted molar refractivity (Wildman–Crippen MR) is 58.7 cm³/mol. The van der Waals surface area contributed by atoms with Crippen LogP contribution in [0.25, 0.3) is 11.1 Å². The molecule has 17 heavy (non-hydrogen) atoms. The third kappa shape index (κ3) is 2.21. The molecule has 90 valence electrons. The van der Waals surface area contributed by atoms with Crippen LogP contribution in [-0.2, 0) is 10.4 Å². The third-order valence-electron chi connectivity index (χ3n) is 2.54. The second kappa shape index (κ2) is 3.74. The number of H-pyrrole nitrogens is 1. The number of aromatic nitrogens is 1. The number of benzene rings is 1. The van der Waals surface area contributed by atoms with E-state index in [1.807, 2.05) is 0 Å². The molecule has 1 aromatic heterocycles. The van der Waals surface area contributed by atoms with E-state index in [-0.39, 0.29) is 5.58 Å². The summed E-state index contributed by atoms with van der Waals surface area (Å²) in [6.07, 6.45) is -0.423. The van der Waals surface area contributed by atoms with Crippen molar-refractivity contribution in [3.8, 4) is 0 Å². The van der Waals surface area contributed by atoms with Crippen LogP contribution in [0.2, 0.25) is 0 Å². The average Bonchev–Trinajstić information content (AvgIpc) is 2.54. The van der Waals surface area contributed by atoms with Crippen molar-refractivity contribution >= 4 is 17.1 Å². The molecule has 0 saturated heterocycles. The normalized spacial score (nSPS) is 14.7. The van der Waals surface area contributed by atoms with Crippen molar-refractivity contribution in [2.75, 3.05) is 0 Å². The Hall–Kier alpha value is -2.08. The first-order chi connectivity index (χ1) is 7.88. The van der Waals surface area contributed by atoms with Gasteiger partial charge in [-0.15, -0.1) is 0 Å². The van der Waals surface area contributed by atoms with Gasteiger partial charge in [-0.05, 0) is 24.6 Å². The van der Waals surface area contributed by atoms with E-state index in [2.05, 4.69) is 4.98 Å². The molecule has 6 heteroatoms. The van der Waals surface area contributed by atoms with Gasteiger partial charge in [0.2, 0.25) is 0 Å². The Bertz CT molecular complexity index is 622. The molecule has 2 rings (SSSR count). The van der Waals surface area contributed by atoms with Crippen LogP contribution in [0.15, 0.2) is 27.4 Å². The highest BCUT2D eigenvalue weighted by Gasteiger charge is 2.27. The summed E-state index contributed by atoms with van der Waals surface area (Å²) in [4.78, 5) is 24.0. The van der Waals surface area contributed by atoms with Crippen molar-refractivity contribution in [1.29, 1.82) is 0 Å². The topological polar surface area (TPSA) is 104 Å². The summed E-state index contributed by atoms with van der Waals surface area (Å²) in [6.45, 7) is 1.40. The Balaban J connectivity index is 2.48. The molecule has 0 fully saturated rings. The standard InChI is InChI=1S/C11H11NO5/c1-11(16,5-9(13)14)6-2-3-7-8(4-6)17-10(15)12-7/h2-4,16H,5H2,1H3,(H,12,15)(H,13,14). The maximum atomic E-state index is 10.9. The van der Waals surface area contributed by atoms with E-state index < -0.39 is 23.7 Å². The molecule has 0 saturated carbocycles. The minimum atomic E-state index is -1.50. The molecule has 0 radical (unpaired) electrons. The molecule has 0 aliphatic heterocycles. The van der Waals surface area contributed by atoms with Crippen molar-refractivity contribution in [2.24, 2.45) is 0 Å². The molecule has 0 spiro atoms. The van der Waals surface area contributed by atoms with Crippen molar-refractivity contribution in [3.05, 3.63) is 34.3 Å². The van der Waals surface area contributed by atoms with Crippen LogP contribution in [0.5, 0.6) is 0 Å². The van der Waals surface area contributed by atoms with Crippen LogP contribution >= 0.6 is 0 Å². The lowest BCUT2D eigenvalue weighted by molar-refractivity contribution is -0.142. The zero-order valence-corrected chi connectivity index (χ0v) is 9.06. The number of oxazole rings is 1. The minimum absolute atomic E-state index is 0.290. The van der Waals surface area contributed by atoms with Crippen molar-refractivity contribution in [1.82, 2.24) is 4.98 Å². The van der Waals surface area contributed by atoms with Gasteiger partial charge in [-0.1, -0.05) is 6.07 Å². The van der Waals surface area contributed by atoms with Crippen LogP contribution in [0, 0.1) is 0 Å². The quantitative estimate of drug-likeness (QED) is 0.732. The number of fused-ring (bicyclic) bond motifs is 1. The molecule has 0 aliphatic rings. The number of hydrogen-bond acceptors (Lipinski definition) is 4. The zero-order chi connectivity index (χ0) is 12.6. The van der Waals surface area contributed by atoms with Gasteiger partial charge >= 0.3 is 11.7 Å². The maximum Gasteiger partial charge on any atom is 0.417 e. The van der Waals surface area contributed by atoms with E-state index in [0.29, 0.717) is 11.1 Å². The van der Waals surface area contributed by atoms with E-state index in [1.165, 1.54) is 13.0 Å². The van der Waals surface area contributed by atoms with Gasteiger partial charge in [0, 0.05) is 0 Å². The smallest absolute Gasteiger partial charge is 0.417 e. The molecule has 0 aliphatic carbocycles. The molecular formula is C11H11NO5. The number of rotatable bonds is 3. The number of aromatic amines is 1. The Morgan fingerprint density at radius 2 is 2.24 bits per heavy atom. The molecule has 1 aromatic carbocycles. The van der Waals surface area contributed by atoms with Gasteiger partial charge in [-0.2, -0.15) is 0 Å². The van der Waals surface area contributed by atoms with Crippen molar-refractivity contribution in [2.45, 2.75) is 18.9 Å². The van der Waals surface area contributed by atoms with Crippen molar-refractivity contribution < 1.29 is 19.4 Å². The second-order valence-corrected chi connectivity index (χ2v) is 4.07. The van der Waals surface area contributed by atoms with Gasteiger partial charge in [0.1, 0.15) is 0 Å². The Morgan fingerprint density at radius 3 is 2.88 bits per heavy atom. The highest BCUT2D eigenvalue weighted by atomic mass is 16.4. The fraction of sp³-hybridized carbons (Fsp3) is 0.273. The van der Waals surface area contributed by atoms with Crippen LogP contribution in [0.4, 0.5) is 0 Å². The monoisotopic (exact) mass is 237 g/mol. The van der Waals surface area contributed by atoms with E-state index in [9.17, 15) is 14.7 Å². The molecule has 1 unspecified atom stereocenters. The molecule has 0 amide bonds. The average molecular weight is 237 g/mol. The van der Waals surface area contributed by atoms with E-state index >= 15 is 0 Å². The highest BCUT2D eigenvalue weighted by molar-refractivity contribution is 5.74. The molecule has 6 nitrogen and oxygen atoms in total. The largest absolute Gasteiger partial charge is 0.481 e. The van der Waals surface area contributed by atoms with Crippen LogP contribution in [0.1, 0.15) is 18.9 Å². The summed E-state index contributed by atoms with van der Waals surface area (Å²) in [6, 6.07) is 4.57. The second-order valence-electron chi connectivity index (χ2n) is 4.07. The summed E-state index contributed by atoms with van der Waals surface area (Å²) in [5.74, 6) is -1.69. The fourth-order valence-electron chi connectivity index (χ4n) is 1.68. The van der Waals surface area contributed by atoms with Gasteiger partial charge < -0.3 is 14.6 Å². The Morgan fingerprint density at radius 1 is 1.53 bits per heavy atom. The lowest BCUT2D eigenvalue weighted by Crippen LogP contribution is -2.24. The lowest BCUT2D eigenvalue weighted by Gasteiger charge is -2.21. The fourth-order valence-corrected chi connectivity index (χ4v) is 1.68. The minimum Gasteiger partial charge on any atom is -0.481 e. The van der Waals surface area contributed by atoms with Crippen LogP contribution in [0.3, 0.4) is 0 Å². The first-order valence-electron chi connectivity index (χ1n) is 4.96. The zero-order valence-electron chi connectivity index (χ0n) is 9.06. The number of aliphatic hydroxyl groups is 1. The van der Waals surface area contributed by atoms with Gasteiger partial charge in [-0.25, -0.2) is 4.79 Å². The highest BCUT2D eigenvalue weighted by Crippen LogP contribution is 2.26. The summed E-state index contributed by atoms with van der Waals surface area (Å²) in [7, 11) is 0. The van der Waals surface area contributed by atoms with E-state index in [1.54, 1.807) is 12.1 Å². The molecule has 2 aromatic rings. The van der Waals surface area contributed by atoms with E-state index in [0.717, 1.165) is 0 Å². The molecule has 1 heterocycles. The third-order valence-corrected chi connectivity index (χ3v) is 2.54. The lowest BCUT2D eigenvalue weighted by atomic mass is 9.92. The molecule has 1 atom stereocenters. The van der Waals surface area contributed by atoms with Crippen molar-refractivity contribution in [3.63, 3.8) is 0 Å². The van der Waals surface area contributed by atoms with Crippen LogP contribution in [-0.4, -0.2) is 21.2 Å². The van der Waals surface area contributed by atoms with Gasteiger partial charge in [-0.3, -0.25) is 9.78 Å². The number of carboxylic acid groups (broad SMARTS) is 1. The van der Waals surface area contributed by atoms with Crippen LogP contribution < -0.4 is 5.76 Å². The molecule has 3 N–H and O–H groups in total. The predicted octanol–water partition coefficient (Wildman–Crippen LogP) is 0.803. The Labute approximate surface area is 95.5 Å². The summed E-state index contributed by atoms with van der Waals surface area (Å²) in [5, 5.41) is 18.7. The number of carboxylic acids is 1. The summed E-state index contributed by atoms with van der Waals surface area (Å²) >= 11 is 0. The molecule has 0 bridgehead atoms. The van der Waals surface area contributed by atoms with Gasteiger partial charge in [0.25, 0.3) is 0 Å². The SMILES string of the molecule is CC(O)(CC(=O)O)c1ccc2[nH]c(=O)oc2c1. The first-order valence-corrected chi connectivity index (χ1v) is 4.96. The van der Waals surface area contributed by atoms with Gasteiger partial charge in [0.05, 0.1) is 17.5 Å². The number of nitrogens with one attached hydrogen (secondary N) is 1. The van der Waals surface area contributed by atoms with Gasteiger partial charge in [0.15, 0.2) is 5.58 Å². The van der Waals surface area contributed by atoms with E-state index in [4.69, 9.17) is 9.52 Å². The number of carbonyl (C=O) groups is 1. The number of hydrogen-bond donors (Lipinski definition) is 3. The number of aliphatic carboxylic acids is 1. The Kier molecular flexibility index (Phi) is 2.51. The molecular weight excluding hydrogens is 226 g/mol. The first kappa shape index (κ1) is 11.4. The summed E-state index contributed by atoms with van der Waals surface area (Å²) in [5.41, 5.74) is -0.325.